The quantitative estimate of drug-likeness (QED) is 0.756. The average Bonchev–Trinajstić information content (AvgIpc) is 2.46. The summed E-state index contributed by atoms with van der Waals surface area (Å²) in [5.41, 5.74) is 0.528. The molecule has 0 heterocycles. The van der Waals surface area contributed by atoms with Crippen LogP contribution < -0.4 is 15.4 Å². The zero-order valence-electron chi connectivity index (χ0n) is 13.4. The summed E-state index contributed by atoms with van der Waals surface area (Å²) < 4.78 is 5.05. The molecule has 2 N–H and O–H groups in total. The van der Waals surface area contributed by atoms with E-state index in [4.69, 9.17) is 4.74 Å². The van der Waals surface area contributed by atoms with E-state index < -0.39 is 0 Å². The monoisotopic (exact) mass is 370 g/mol. The fraction of sp³-hybridized carbons (Fsp3) is 0.500. The molecule has 1 aromatic carbocycles. The van der Waals surface area contributed by atoms with E-state index in [2.05, 4.69) is 26.6 Å². The molecule has 2 amide bonds. The van der Waals surface area contributed by atoms with Gasteiger partial charge >= 0.3 is 0 Å². The molecule has 5 nitrogen and oxygen atoms in total. The molecule has 0 spiro atoms. The van der Waals surface area contributed by atoms with Gasteiger partial charge < -0.3 is 15.4 Å². The second-order valence-electron chi connectivity index (χ2n) is 6.05. The van der Waals surface area contributed by atoms with Crippen LogP contribution in [0.1, 0.15) is 27.2 Å². The first-order valence-electron chi connectivity index (χ1n) is 7.09. The van der Waals surface area contributed by atoms with Crippen LogP contribution in [-0.2, 0) is 9.59 Å². The van der Waals surface area contributed by atoms with Gasteiger partial charge in [-0.3, -0.25) is 9.59 Å². The standard InChI is InChI=1S/C16H23BrN2O3/c1-16(2,3)14(17)15(21)18-10-9-13(20)19-11-5-7-12(22-4)8-6-11/h5-8,14H,9-10H2,1-4H3,(H,18,21)(H,19,20)/t14-/m1/s1. The van der Waals surface area contributed by atoms with E-state index in [1.807, 2.05) is 20.8 Å². The van der Waals surface area contributed by atoms with Crippen molar-refractivity contribution in [2.45, 2.75) is 32.0 Å². The van der Waals surface area contributed by atoms with Gasteiger partial charge in [0, 0.05) is 18.7 Å². The Morgan fingerprint density at radius 3 is 2.32 bits per heavy atom. The topological polar surface area (TPSA) is 67.4 Å². The Kier molecular flexibility index (Phi) is 6.87. The van der Waals surface area contributed by atoms with Crippen LogP contribution in [0, 0.1) is 5.41 Å². The van der Waals surface area contributed by atoms with Crippen LogP contribution in [0.25, 0.3) is 0 Å². The summed E-state index contributed by atoms with van der Waals surface area (Å²) in [4.78, 5) is 23.4. The maximum atomic E-state index is 11.9. The lowest BCUT2D eigenvalue weighted by molar-refractivity contribution is -0.122. The van der Waals surface area contributed by atoms with Crippen LogP contribution in [0.4, 0.5) is 5.69 Å². The Morgan fingerprint density at radius 2 is 1.82 bits per heavy atom. The summed E-state index contributed by atoms with van der Waals surface area (Å²) >= 11 is 3.37. The summed E-state index contributed by atoms with van der Waals surface area (Å²) in [6.45, 7) is 6.23. The first kappa shape index (κ1) is 18.5. The Bertz CT molecular complexity index is 509. The molecule has 6 heteroatoms. The number of nitrogens with one attached hydrogen (secondary N) is 2. The zero-order valence-corrected chi connectivity index (χ0v) is 15.0. The molecule has 0 bridgehead atoms. The second-order valence-corrected chi connectivity index (χ2v) is 6.96. The highest BCUT2D eigenvalue weighted by Gasteiger charge is 2.28. The van der Waals surface area contributed by atoms with Gasteiger partial charge in [-0.1, -0.05) is 36.7 Å². The van der Waals surface area contributed by atoms with Gasteiger partial charge in [0.15, 0.2) is 0 Å². The molecular formula is C16H23BrN2O3. The molecular weight excluding hydrogens is 348 g/mol. The van der Waals surface area contributed by atoms with E-state index in [1.54, 1.807) is 31.4 Å². The van der Waals surface area contributed by atoms with Crippen LogP contribution in [0.2, 0.25) is 0 Å². The number of alkyl halides is 1. The largest absolute Gasteiger partial charge is 0.497 e. The van der Waals surface area contributed by atoms with E-state index in [0.29, 0.717) is 12.2 Å². The summed E-state index contributed by atoms with van der Waals surface area (Å²) in [5.74, 6) is 0.480. The number of anilines is 1. The van der Waals surface area contributed by atoms with Crippen LogP contribution in [-0.4, -0.2) is 30.3 Å². The molecule has 0 aliphatic heterocycles. The van der Waals surface area contributed by atoms with Gasteiger partial charge in [0.05, 0.1) is 11.9 Å². The molecule has 0 saturated carbocycles. The van der Waals surface area contributed by atoms with Gasteiger partial charge in [-0.2, -0.15) is 0 Å². The summed E-state index contributed by atoms with van der Waals surface area (Å²) in [6.07, 6.45) is 0.224. The SMILES string of the molecule is COc1ccc(NC(=O)CCNC(=O)[C@@H](Br)C(C)(C)C)cc1. The molecule has 0 aliphatic rings. The van der Waals surface area contributed by atoms with Gasteiger partial charge in [-0.25, -0.2) is 0 Å². The number of carbonyl (C=O) groups is 2. The minimum Gasteiger partial charge on any atom is -0.497 e. The first-order chi connectivity index (χ1) is 10.2. The van der Waals surface area contributed by atoms with Crippen LogP contribution in [0.15, 0.2) is 24.3 Å². The summed E-state index contributed by atoms with van der Waals surface area (Å²) in [5, 5.41) is 5.53. The molecule has 1 atom stereocenters. The maximum Gasteiger partial charge on any atom is 0.234 e. The predicted octanol–water partition coefficient (Wildman–Crippen LogP) is 2.95. The third kappa shape index (κ3) is 6.05. The predicted molar refractivity (Wildman–Crippen MR) is 91.4 cm³/mol. The van der Waals surface area contributed by atoms with E-state index in [0.717, 1.165) is 5.75 Å². The lowest BCUT2D eigenvalue weighted by Gasteiger charge is -2.24. The molecule has 0 aliphatic carbocycles. The summed E-state index contributed by atoms with van der Waals surface area (Å²) in [7, 11) is 1.59. The number of hydrogen-bond acceptors (Lipinski definition) is 3. The minimum atomic E-state index is -0.287. The highest BCUT2D eigenvalue weighted by Crippen LogP contribution is 2.25. The summed E-state index contributed by atoms with van der Waals surface area (Å²) in [6, 6.07) is 7.08. The fourth-order valence-electron chi connectivity index (χ4n) is 1.68. The molecule has 122 valence electrons. The number of amides is 2. The second kappa shape index (κ2) is 8.17. The van der Waals surface area contributed by atoms with Crippen LogP contribution in [0.3, 0.4) is 0 Å². The third-order valence-corrected chi connectivity index (χ3v) is 4.80. The van der Waals surface area contributed by atoms with Crippen molar-refractivity contribution in [3.05, 3.63) is 24.3 Å². The Morgan fingerprint density at radius 1 is 1.23 bits per heavy atom. The Labute approximate surface area is 139 Å². The van der Waals surface area contributed by atoms with Crippen molar-refractivity contribution in [1.82, 2.24) is 5.32 Å². The van der Waals surface area contributed by atoms with Crippen LogP contribution in [0.5, 0.6) is 5.75 Å². The van der Waals surface area contributed by atoms with Crippen molar-refractivity contribution in [1.29, 1.82) is 0 Å². The average molecular weight is 371 g/mol. The maximum absolute atomic E-state index is 11.9. The number of methoxy groups -OCH3 is 1. The highest BCUT2D eigenvalue weighted by atomic mass is 79.9. The first-order valence-corrected chi connectivity index (χ1v) is 8.01. The van der Waals surface area contributed by atoms with Crippen molar-refractivity contribution < 1.29 is 14.3 Å². The number of hydrogen-bond donors (Lipinski definition) is 2. The normalized spacial score (nSPS) is 12.4. The van der Waals surface area contributed by atoms with Gasteiger partial charge in [0.2, 0.25) is 11.8 Å². The number of rotatable bonds is 6. The number of halogens is 1. The molecule has 0 saturated heterocycles. The lowest BCUT2D eigenvalue weighted by Crippen LogP contribution is -2.39. The third-order valence-electron chi connectivity index (χ3n) is 3.02. The van der Waals surface area contributed by atoms with Crippen LogP contribution >= 0.6 is 15.9 Å². The molecule has 0 aromatic heterocycles. The Balaban J connectivity index is 2.35. The van der Waals surface area contributed by atoms with E-state index >= 15 is 0 Å². The van der Waals surface area contributed by atoms with Crippen molar-refractivity contribution >= 4 is 33.4 Å². The highest BCUT2D eigenvalue weighted by molar-refractivity contribution is 9.10. The van der Waals surface area contributed by atoms with E-state index in [1.165, 1.54) is 0 Å². The van der Waals surface area contributed by atoms with Crippen molar-refractivity contribution in [2.75, 3.05) is 19.0 Å². The van der Waals surface area contributed by atoms with Crippen molar-refractivity contribution in [2.24, 2.45) is 5.41 Å². The molecule has 1 rings (SSSR count). The lowest BCUT2D eigenvalue weighted by atomic mass is 9.92. The Hall–Kier alpha value is -1.56. The zero-order chi connectivity index (χ0) is 16.8. The molecule has 1 aromatic rings. The number of ether oxygens (including phenoxy) is 1. The van der Waals surface area contributed by atoms with Gasteiger partial charge in [0.25, 0.3) is 0 Å². The van der Waals surface area contributed by atoms with Crippen molar-refractivity contribution in [3.8, 4) is 5.75 Å². The molecule has 0 radical (unpaired) electrons. The van der Waals surface area contributed by atoms with Gasteiger partial charge in [-0.15, -0.1) is 0 Å². The van der Waals surface area contributed by atoms with E-state index in [-0.39, 0.29) is 28.5 Å². The van der Waals surface area contributed by atoms with Crippen molar-refractivity contribution in [3.63, 3.8) is 0 Å². The number of benzene rings is 1. The molecule has 0 unspecified atom stereocenters. The molecule has 0 fully saturated rings. The van der Waals surface area contributed by atoms with Gasteiger partial charge in [0.1, 0.15) is 5.75 Å². The van der Waals surface area contributed by atoms with Gasteiger partial charge in [-0.05, 0) is 29.7 Å². The fourth-order valence-corrected chi connectivity index (χ4v) is 1.84. The van der Waals surface area contributed by atoms with E-state index in [9.17, 15) is 9.59 Å². The molecule has 22 heavy (non-hydrogen) atoms. The number of carbonyl (C=O) groups excluding carboxylic acids is 2. The smallest absolute Gasteiger partial charge is 0.234 e. The minimum absolute atomic E-state index is 0.107.